The SMILES string of the molecule is C=NC=C=C(C)C(=O)NC. The Morgan fingerprint density at radius 2 is 2.40 bits per heavy atom. The average Bonchev–Trinajstić information content (AvgIpc) is 1.98. The molecule has 1 N–H and O–H groups in total. The first-order valence-corrected chi connectivity index (χ1v) is 2.82. The van der Waals surface area contributed by atoms with Crippen LogP contribution < -0.4 is 5.32 Å². The number of carbonyl (C=O) groups is 1. The summed E-state index contributed by atoms with van der Waals surface area (Å²) >= 11 is 0. The van der Waals surface area contributed by atoms with E-state index in [-0.39, 0.29) is 5.91 Å². The van der Waals surface area contributed by atoms with E-state index in [9.17, 15) is 4.79 Å². The summed E-state index contributed by atoms with van der Waals surface area (Å²) in [5.74, 6) is -0.153. The van der Waals surface area contributed by atoms with E-state index in [0.717, 1.165) is 0 Å². The maximum absolute atomic E-state index is 10.7. The molecule has 0 heterocycles. The second-order valence-corrected chi connectivity index (χ2v) is 1.66. The van der Waals surface area contributed by atoms with Crippen LogP contribution in [0.3, 0.4) is 0 Å². The molecule has 1 amide bonds. The topological polar surface area (TPSA) is 41.5 Å². The van der Waals surface area contributed by atoms with Gasteiger partial charge in [0.2, 0.25) is 0 Å². The van der Waals surface area contributed by atoms with Gasteiger partial charge in [0.05, 0.1) is 11.8 Å². The van der Waals surface area contributed by atoms with Crippen LogP contribution in [-0.4, -0.2) is 19.7 Å². The molecule has 0 saturated carbocycles. The summed E-state index contributed by atoms with van der Waals surface area (Å²) in [7, 11) is 1.56. The van der Waals surface area contributed by atoms with E-state index < -0.39 is 0 Å². The quantitative estimate of drug-likeness (QED) is 0.337. The zero-order chi connectivity index (χ0) is 7.98. The first-order valence-electron chi connectivity index (χ1n) is 2.82. The van der Waals surface area contributed by atoms with Gasteiger partial charge in [0, 0.05) is 7.05 Å². The Labute approximate surface area is 60.2 Å². The fourth-order valence-corrected chi connectivity index (χ4v) is 0.396. The minimum absolute atomic E-state index is 0.153. The van der Waals surface area contributed by atoms with Gasteiger partial charge < -0.3 is 5.32 Å². The number of rotatable bonds is 2. The molecule has 0 fully saturated rings. The molecule has 0 aliphatic rings. The highest BCUT2D eigenvalue weighted by Crippen LogP contribution is 1.86. The zero-order valence-corrected chi connectivity index (χ0v) is 6.14. The fraction of sp³-hybridized carbons (Fsp3) is 0.286. The number of likely N-dealkylation sites (N-methyl/N-ethyl adjacent to an activating group) is 1. The highest BCUT2D eigenvalue weighted by atomic mass is 16.1. The molecule has 54 valence electrons. The van der Waals surface area contributed by atoms with Crippen LogP contribution in [0.4, 0.5) is 0 Å². The molecule has 0 saturated heterocycles. The lowest BCUT2D eigenvalue weighted by molar-refractivity contribution is -0.116. The van der Waals surface area contributed by atoms with Crippen LogP contribution in [0.5, 0.6) is 0 Å². The monoisotopic (exact) mass is 138 g/mol. The summed E-state index contributed by atoms with van der Waals surface area (Å²) in [6.45, 7) is 4.86. The largest absolute Gasteiger partial charge is 0.355 e. The average molecular weight is 138 g/mol. The van der Waals surface area contributed by atoms with E-state index in [1.807, 2.05) is 0 Å². The van der Waals surface area contributed by atoms with E-state index in [2.05, 4.69) is 22.8 Å². The third kappa shape index (κ3) is 2.84. The molecule has 0 aliphatic carbocycles. The molecule has 0 unspecified atom stereocenters. The van der Waals surface area contributed by atoms with E-state index in [1.165, 1.54) is 6.20 Å². The van der Waals surface area contributed by atoms with Crippen LogP contribution in [0.25, 0.3) is 0 Å². The molecule has 0 aromatic rings. The molecule has 10 heavy (non-hydrogen) atoms. The molecule has 0 radical (unpaired) electrons. The predicted octanol–water partition coefficient (Wildman–Crippen LogP) is 0.492. The van der Waals surface area contributed by atoms with Crippen LogP contribution in [0.15, 0.2) is 22.5 Å². The van der Waals surface area contributed by atoms with Crippen molar-refractivity contribution in [2.75, 3.05) is 7.05 Å². The van der Waals surface area contributed by atoms with Gasteiger partial charge in [-0.2, -0.15) is 0 Å². The molecule has 3 nitrogen and oxygen atoms in total. The minimum atomic E-state index is -0.153. The Morgan fingerprint density at radius 1 is 1.80 bits per heavy atom. The van der Waals surface area contributed by atoms with Crippen LogP contribution in [0.1, 0.15) is 6.92 Å². The number of nitrogens with one attached hydrogen (secondary N) is 1. The molecular weight excluding hydrogens is 128 g/mol. The fourth-order valence-electron chi connectivity index (χ4n) is 0.396. The highest BCUT2D eigenvalue weighted by Gasteiger charge is 1.96. The van der Waals surface area contributed by atoms with E-state index >= 15 is 0 Å². The maximum atomic E-state index is 10.7. The Morgan fingerprint density at radius 3 is 2.80 bits per heavy atom. The standard InChI is InChI=1S/C7H10N2O/c1-6(4-5-8-2)7(10)9-3/h5H,2H2,1,3H3,(H,9,10). The van der Waals surface area contributed by atoms with Gasteiger partial charge in [-0.05, 0) is 13.6 Å². The third-order valence-electron chi connectivity index (χ3n) is 0.940. The van der Waals surface area contributed by atoms with Crippen LogP contribution in [0.2, 0.25) is 0 Å². The van der Waals surface area contributed by atoms with Crippen molar-refractivity contribution < 1.29 is 4.79 Å². The predicted molar refractivity (Wildman–Crippen MR) is 40.9 cm³/mol. The third-order valence-corrected chi connectivity index (χ3v) is 0.940. The number of nitrogens with zero attached hydrogens (tertiary/aromatic N) is 1. The summed E-state index contributed by atoms with van der Waals surface area (Å²) in [6, 6.07) is 0. The van der Waals surface area contributed by atoms with Crippen molar-refractivity contribution >= 4 is 12.6 Å². The molecule has 0 spiro atoms. The lowest BCUT2D eigenvalue weighted by atomic mass is 10.3. The number of aliphatic imine (C=N–C) groups is 1. The lowest BCUT2D eigenvalue weighted by Crippen LogP contribution is -2.17. The maximum Gasteiger partial charge on any atom is 0.254 e. The molecule has 3 heteroatoms. The van der Waals surface area contributed by atoms with Crippen molar-refractivity contribution in [3.63, 3.8) is 0 Å². The molecule has 0 aromatic carbocycles. The van der Waals surface area contributed by atoms with E-state index in [1.54, 1.807) is 14.0 Å². The molecule has 0 atom stereocenters. The Kier molecular flexibility index (Phi) is 3.92. The van der Waals surface area contributed by atoms with Gasteiger partial charge in [-0.25, -0.2) is 0 Å². The zero-order valence-electron chi connectivity index (χ0n) is 6.14. The molecule has 0 bridgehead atoms. The summed E-state index contributed by atoms with van der Waals surface area (Å²) in [4.78, 5) is 14.1. The number of hydrogen-bond acceptors (Lipinski definition) is 2. The van der Waals surface area contributed by atoms with Gasteiger partial charge in [-0.3, -0.25) is 9.79 Å². The normalized spacial score (nSPS) is 7.40. The summed E-state index contributed by atoms with van der Waals surface area (Å²) in [5.41, 5.74) is 3.13. The van der Waals surface area contributed by atoms with Gasteiger partial charge in [0.25, 0.3) is 5.91 Å². The summed E-state index contributed by atoms with van der Waals surface area (Å²) in [5, 5.41) is 2.45. The van der Waals surface area contributed by atoms with Gasteiger partial charge in [0.1, 0.15) is 0 Å². The van der Waals surface area contributed by atoms with Gasteiger partial charge in [0.15, 0.2) is 0 Å². The van der Waals surface area contributed by atoms with Crippen molar-refractivity contribution in [1.82, 2.24) is 5.32 Å². The van der Waals surface area contributed by atoms with Crippen molar-refractivity contribution in [2.24, 2.45) is 4.99 Å². The van der Waals surface area contributed by atoms with E-state index in [0.29, 0.717) is 5.57 Å². The number of amides is 1. The Bertz CT molecular complexity index is 200. The minimum Gasteiger partial charge on any atom is -0.355 e. The van der Waals surface area contributed by atoms with Crippen molar-refractivity contribution in [3.05, 3.63) is 17.5 Å². The Balaban J connectivity index is 4.32. The van der Waals surface area contributed by atoms with Crippen LogP contribution >= 0.6 is 0 Å². The lowest BCUT2D eigenvalue weighted by Gasteiger charge is -1.92. The summed E-state index contributed by atoms with van der Waals surface area (Å²) in [6.07, 6.45) is 1.35. The van der Waals surface area contributed by atoms with Gasteiger partial charge in [-0.15, -0.1) is 0 Å². The smallest absolute Gasteiger partial charge is 0.254 e. The Hall–Kier alpha value is -1.34. The van der Waals surface area contributed by atoms with E-state index in [4.69, 9.17) is 0 Å². The van der Waals surface area contributed by atoms with Crippen molar-refractivity contribution in [3.8, 4) is 0 Å². The second kappa shape index (κ2) is 4.53. The first-order chi connectivity index (χ1) is 4.72. The molecular formula is C7H10N2O. The first kappa shape index (κ1) is 8.66. The van der Waals surface area contributed by atoms with Crippen molar-refractivity contribution in [1.29, 1.82) is 0 Å². The molecule has 0 aromatic heterocycles. The second-order valence-electron chi connectivity index (χ2n) is 1.66. The van der Waals surface area contributed by atoms with Crippen LogP contribution in [0, 0.1) is 0 Å². The number of carbonyl (C=O) groups excluding carboxylic acids is 1. The van der Waals surface area contributed by atoms with Crippen LogP contribution in [-0.2, 0) is 4.79 Å². The molecule has 0 aliphatic heterocycles. The number of hydrogen-bond donors (Lipinski definition) is 1. The van der Waals surface area contributed by atoms with Gasteiger partial charge >= 0.3 is 0 Å². The summed E-state index contributed by atoms with van der Waals surface area (Å²) < 4.78 is 0. The highest BCUT2D eigenvalue weighted by molar-refractivity contribution is 5.92. The molecule has 0 rings (SSSR count). The van der Waals surface area contributed by atoms with Gasteiger partial charge in [-0.1, -0.05) is 5.73 Å². The van der Waals surface area contributed by atoms with Crippen molar-refractivity contribution in [2.45, 2.75) is 6.92 Å².